The van der Waals surface area contributed by atoms with Gasteiger partial charge < -0.3 is 5.73 Å². The molecule has 0 aliphatic heterocycles. The first kappa shape index (κ1) is 11.5. The van der Waals surface area contributed by atoms with Crippen molar-refractivity contribution in [2.75, 3.05) is 5.73 Å². The molecule has 0 radical (unpaired) electrons. The van der Waals surface area contributed by atoms with Gasteiger partial charge in [0.15, 0.2) is 0 Å². The Morgan fingerprint density at radius 3 is 2.78 bits per heavy atom. The number of aryl methyl sites for hydroxylation is 1. The van der Waals surface area contributed by atoms with E-state index in [1.807, 2.05) is 24.3 Å². The lowest BCUT2D eigenvalue weighted by Gasteiger charge is -2.17. The Balaban J connectivity index is 1.96. The highest BCUT2D eigenvalue weighted by molar-refractivity contribution is 7.99. The Hall–Kier alpha value is -1.55. The van der Waals surface area contributed by atoms with Gasteiger partial charge in [-0.05, 0) is 37.8 Å². The van der Waals surface area contributed by atoms with Gasteiger partial charge in [-0.1, -0.05) is 23.9 Å². The summed E-state index contributed by atoms with van der Waals surface area (Å²) in [4.78, 5) is 9.89. The highest BCUT2D eigenvalue weighted by Gasteiger charge is 2.16. The van der Waals surface area contributed by atoms with Crippen LogP contribution in [0, 0.1) is 0 Å². The molecule has 1 aliphatic carbocycles. The van der Waals surface area contributed by atoms with E-state index in [1.165, 1.54) is 24.1 Å². The molecule has 3 rings (SSSR count). The predicted octanol–water partition coefficient (Wildman–Crippen LogP) is 3.09. The van der Waals surface area contributed by atoms with Crippen molar-refractivity contribution in [3.8, 4) is 0 Å². The SMILES string of the molecule is Nc1ccccc1Sc1ncnc2c1CCCC2. The third-order valence-corrected chi connectivity index (χ3v) is 4.35. The van der Waals surface area contributed by atoms with Crippen molar-refractivity contribution in [1.82, 2.24) is 9.97 Å². The topological polar surface area (TPSA) is 51.8 Å². The van der Waals surface area contributed by atoms with Crippen LogP contribution < -0.4 is 5.73 Å². The minimum atomic E-state index is 0.811. The van der Waals surface area contributed by atoms with Gasteiger partial charge in [0.2, 0.25) is 0 Å². The number of benzene rings is 1. The molecule has 2 N–H and O–H groups in total. The van der Waals surface area contributed by atoms with E-state index in [4.69, 9.17) is 5.73 Å². The van der Waals surface area contributed by atoms with Crippen LogP contribution in [0.5, 0.6) is 0 Å². The molecular formula is C14H15N3S. The quantitative estimate of drug-likeness (QED) is 0.663. The number of fused-ring (bicyclic) bond motifs is 1. The van der Waals surface area contributed by atoms with Crippen LogP contribution in [0.3, 0.4) is 0 Å². The van der Waals surface area contributed by atoms with E-state index in [-0.39, 0.29) is 0 Å². The van der Waals surface area contributed by atoms with Crippen LogP contribution in [0.1, 0.15) is 24.1 Å². The summed E-state index contributed by atoms with van der Waals surface area (Å²) in [6.07, 6.45) is 6.31. The number of hydrogen-bond acceptors (Lipinski definition) is 4. The Bertz CT molecular complexity index is 569. The lowest BCUT2D eigenvalue weighted by Crippen LogP contribution is -2.07. The molecule has 0 saturated carbocycles. The van der Waals surface area contributed by atoms with Gasteiger partial charge in [0, 0.05) is 21.8 Å². The Morgan fingerprint density at radius 2 is 1.89 bits per heavy atom. The number of nitrogens with two attached hydrogens (primary N) is 1. The molecule has 0 fully saturated rings. The molecule has 0 atom stereocenters. The average Bonchev–Trinajstić information content (AvgIpc) is 2.42. The average molecular weight is 257 g/mol. The number of nitrogen functional groups attached to an aromatic ring is 1. The van der Waals surface area contributed by atoms with Gasteiger partial charge in [0.1, 0.15) is 11.4 Å². The molecule has 0 saturated heterocycles. The summed E-state index contributed by atoms with van der Waals surface area (Å²) in [5, 5.41) is 1.07. The van der Waals surface area contributed by atoms with Crippen molar-refractivity contribution in [2.45, 2.75) is 35.6 Å². The van der Waals surface area contributed by atoms with Crippen molar-refractivity contribution in [3.63, 3.8) is 0 Å². The van der Waals surface area contributed by atoms with Crippen molar-refractivity contribution in [3.05, 3.63) is 41.9 Å². The molecule has 0 unspecified atom stereocenters. The number of rotatable bonds is 2. The molecule has 18 heavy (non-hydrogen) atoms. The summed E-state index contributed by atoms with van der Waals surface area (Å²) >= 11 is 1.65. The fourth-order valence-corrected chi connectivity index (χ4v) is 3.24. The molecule has 2 aromatic rings. The van der Waals surface area contributed by atoms with Gasteiger partial charge >= 0.3 is 0 Å². The highest BCUT2D eigenvalue weighted by Crippen LogP contribution is 2.35. The minimum absolute atomic E-state index is 0.811. The maximum atomic E-state index is 5.98. The zero-order valence-electron chi connectivity index (χ0n) is 10.1. The molecule has 1 aromatic carbocycles. The van der Waals surface area contributed by atoms with Gasteiger partial charge in [-0.2, -0.15) is 0 Å². The molecular weight excluding hydrogens is 242 g/mol. The van der Waals surface area contributed by atoms with Crippen molar-refractivity contribution >= 4 is 17.4 Å². The second-order valence-corrected chi connectivity index (χ2v) is 5.48. The fraction of sp³-hybridized carbons (Fsp3) is 0.286. The van der Waals surface area contributed by atoms with Gasteiger partial charge in [-0.15, -0.1) is 0 Å². The molecule has 0 spiro atoms. The van der Waals surface area contributed by atoms with Gasteiger partial charge in [0.05, 0.1) is 0 Å². The molecule has 92 valence electrons. The third-order valence-electron chi connectivity index (χ3n) is 3.21. The van der Waals surface area contributed by atoms with Gasteiger partial charge in [0.25, 0.3) is 0 Å². The molecule has 0 bridgehead atoms. The van der Waals surface area contributed by atoms with Gasteiger partial charge in [-0.3, -0.25) is 0 Å². The monoisotopic (exact) mass is 257 g/mol. The van der Waals surface area contributed by atoms with E-state index < -0.39 is 0 Å². The fourth-order valence-electron chi connectivity index (χ4n) is 2.26. The summed E-state index contributed by atoms with van der Waals surface area (Å²) in [5.74, 6) is 0. The van der Waals surface area contributed by atoms with Crippen molar-refractivity contribution in [2.24, 2.45) is 0 Å². The van der Waals surface area contributed by atoms with Crippen LogP contribution >= 0.6 is 11.8 Å². The van der Waals surface area contributed by atoms with Crippen LogP contribution in [0.4, 0.5) is 5.69 Å². The first-order chi connectivity index (χ1) is 8.84. The van der Waals surface area contributed by atoms with E-state index in [0.29, 0.717) is 0 Å². The highest BCUT2D eigenvalue weighted by atomic mass is 32.2. The molecule has 1 aliphatic rings. The normalized spacial score (nSPS) is 14.2. The Kier molecular flexibility index (Phi) is 3.19. The van der Waals surface area contributed by atoms with Crippen LogP contribution in [-0.2, 0) is 12.8 Å². The lowest BCUT2D eigenvalue weighted by molar-refractivity contribution is 0.645. The Morgan fingerprint density at radius 1 is 1.06 bits per heavy atom. The van der Waals surface area contributed by atoms with Gasteiger partial charge in [-0.25, -0.2) is 9.97 Å². The molecule has 0 amide bonds. The van der Waals surface area contributed by atoms with Crippen LogP contribution in [0.25, 0.3) is 0 Å². The maximum absolute atomic E-state index is 5.98. The summed E-state index contributed by atoms with van der Waals surface area (Å²) < 4.78 is 0. The number of nitrogens with zero attached hydrogens (tertiary/aromatic N) is 2. The summed E-state index contributed by atoms with van der Waals surface area (Å²) in [6, 6.07) is 7.93. The third kappa shape index (κ3) is 2.20. The lowest BCUT2D eigenvalue weighted by atomic mass is 9.98. The minimum Gasteiger partial charge on any atom is -0.398 e. The molecule has 1 heterocycles. The van der Waals surface area contributed by atoms with Crippen molar-refractivity contribution in [1.29, 1.82) is 0 Å². The Labute approximate surface area is 111 Å². The largest absolute Gasteiger partial charge is 0.398 e. The standard InChI is InChI=1S/C14H15N3S/c15-11-6-2-4-8-13(11)18-14-10-5-1-3-7-12(10)16-9-17-14/h2,4,6,8-9H,1,3,5,7,15H2. The van der Waals surface area contributed by atoms with Crippen LogP contribution in [-0.4, -0.2) is 9.97 Å². The zero-order chi connectivity index (χ0) is 12.4. The first-order valence-electron chi connectivity index (χ1n) is 6.19. The molecule has 4 heteroatoms. The zero-order valence-corrected chi connectivity index (χ0v) is 10.9. The second-order valence-electron chi connectivity index (χ2n) is 4.45. The maximum Gasteiger partial charge on any atom is 0.117 e. The number of anilines is 1. The van der Waals surface area contributed by atoms with E-state index in [2.05, 4.69) is 9.97 Å². The van der Waals surface area contributed by atoms with E-state index in [0.717, 1.165) is 28.5 Å². The van der Waals surface area contributed by atoms with E-state index in [9.17, 15) is 0 Å². The van der Waals surface area contributed by atoms with Crippen molar-refractivity contribution < 1.29 is 0 Å². The van der Waals surface area contributed by atoms with Crippen LogP contribution in [0.15, 0.2) is 40.5 Å². The first-order valence-corrected chi connectivity index (χ1v) is 7.01. The second kappa shape index (κ2) is 4.98. The van der Waals surface area contributed by atoms with Crippen LogP contribution in [0.2, 0.25) is 0 Å². The van der Waals surface area contributed by atoms with E-state index in [1.54, 1.807) is 18.1 Å². The smallest absolute Gasteiger partial charge is 0.117 e. The van der Waals surface area contributed by atoms with E-state index >= 15 is 0 Å². The summed E-state index contributed by atoms with van der Waals surface area (Å²) in [6.45, 7) is 0. The summed E-state index contributed by atoms with van der Waals surface area (Å²) in [5.41, 5.74) is 9.32. The molecule has 1 aromatic heterocycles. The number of hydrogen-bond donors (Lipinski definition) is 1. The number of para-hydroxylation sites is 1. The number of aromatic nitrogens is 2. The molecule has 3 nitrogen and oxygen atoms in total. The predicted molar refractivity (Wildman–Crippen MR) is 73.7 cm³/mol. The summed E-state index contributed by atoms with van der Waals surface area (Å²) in [7, 11) is 0.